The van der Waals surface area contributed by atoms with Crippen LogP contribution < -0.4 is 5.32 Å². The molecule has 0 atom stereocenters. The third-order valence-corrected chi connectivity index (χ3v) is 5.38. The van der Waals surface area contributed by atoms with Crippen LogP contribution in [0.15, 0.2) is 30.3 Å². The average Bonchev–Trinajstić information content (AvgIpc) is 3.25. The number of hydrogen-bond acceptors (Lipinski definition) is 6. The Morgan fingerprint density at radius 1 is 1.16 bits per heavy atom. The molecule has 0 bridgehead atoms. The standard InChI is InChI=1S/C23H27N3O6/c1-15-10-19(16(2)25(15)8-5-9-31-3)20(27)14-32-22(29)18-7-4-6-17(11-18)13-26-21(28)12-24-23(26)30/h4,6-7,10-11H,5,8-9,12-14H2,1-3H3,(H,24,30). The summed E-state index contributed by atoms with van der Waals surface area (Å²) in [7, 11) is 1.65. The number of carbonyl (C=O) groups is 4. The molecule has 3 rings (SSSR count). The lowest BCUT2D eigenvalue weighted by molar-refractivity contribution is -0.125. The molecule has 1 aromatic carbocycles. The van der Waals surface area contributed by atoms with Gasteiger partial charge in [-0.1, -0.05) is 12.1 Å². The Bertz CT molecular complexity index is 1030. The summed E-state index contributed by atoms with van der Waals surface area (Å²) in [6, 6.07) is 7.79. The van der Waals surface area contributed by atoms with Gasteiger partial charge in [-0.25, -0.2) is 9.59 Å². The molecular formula is C23H27N3O6. The molecule has 0 aliphatic carbocycles. The molecule has 1 saturated heterocycles. The molecule has 9 nitrogen and oxygen atoms in total. The van der Waals surface area contributed by atoms with Crippen LogP contribution in [0.2, 0.25) is 0 Å². The van der Waals surface area contributed by atoms with E-state index < -0.39 is 12.0 Å². The number of amides is 3. The van der Waals surface area contributed by atoms with E-state index in [0.717, 1.165) is 29.3 Å². The zero-order valence-electron chi connectivity index (χ0n) is 18.5. The number of rotatable bonds is 10. The molecule has 0 saturated carbocycles. The summed E-state index contributed by atoms with van der Waals surface area (Å²) in [5, 5.41) is 2.45. The number of aryl methyl sites for hydroxylation is 1. The fraction of sp³-hybridized carbons (Fsp3) is 0.391. The minimum atomic E-state index is -0.647. The largest absolute Gasteiger partial charge is 0.454 e. The first kappa shape index (κ1) is 23.2. The highest BCUT2D eigenvalue weighted by Crippen LogP contribution is 2.17. The average molecular weight is 441 g/mol. The molecule has 1 N–H and O–H groups in total. The van der Waals surface area contributed by atoms with Crippen LogP contribution in [-0.2, 0) is 27.4 Å². The molecular weight excluding hydrogens is 414 g/mol. The maximum atomic E-state index is 12.7. The third-order valence-electron chi connectivity index (χ3n) is 5.38. The zero-order valence-corrected chi connectivity index (χ0v) is 18.5. The SMILES string of the molecule is COCCCn1c(C)cc(C(=O)COC(=O)c2cccc(CN3C(=O)CNC3=O)c2)c1C. The van der Waals surface area contributed by atoms with E-state index in [-0.39, 0.29) is 37.0 Å². The molecule has 2 aromatic rings. The van der Waals surface area contributed by atoms with Crippen LogP contribution in [0.4, 0.5) is 4.79 Å². The molecule has 1 aliphatic heterocycles. The molecule has 1 fully saturated rings. The molecule has 0 radical (unpaired) electrons. The maximum Gasteiger partial charge on any atom is 0.338 e. The second kappa shape index (κ2) is 10.2. The number of ether oxygens (including phenoxy) is 2. The topological polar surface area (TPSA) is 107 Å². The number of imide groups is 1. The summed E-state index contributed by atoms with van der Waals surface area (Å²) in [6.45, 7) is 4.82. The lowest BCUT2D eigenvalue weighted by atomic mass is 10.1. The van der Waals surface area contributed by atoms with Gasteiger partial charge in [-0.3, -0.25) is 14.5 Å². The second-order valence-corrected chi connectivity index (χ2v) is 7.62. The van der Waals surface area contributed by atoms with E-state index in [1.54, 1.807) is 37.4 Å². The van der Waals surface area contributed by atoms with Gasteiger partial charge in [0.1, 0.15) is 0 Å². The van der Waals surface area contributed by atoms with Gasteiger partial charge in [0.05, 0.1) is 18.7 Å². The highest BCUT2D eigenvalue weighted by atomic mass is 16.5. The van der Waals surface area contributed by atoms with Gasteiger partial charge in [0, 0.05) is 37.2 Å². The first-order chi connectivity index (χ1) is 15.3. The van der Waals surface area contributed by atoms with Gasteiger partial charge < -0.3 is 19.4 Å². The van der Waals surface area contributed by atoms with Crippen molar-refractivity contribution < 1.29 is 28.7 Å². The lowest BCUT2D eigenvalue weighted by Crippen LogP contribution is -2.30. The van der Waals surface area contributed by atoms with Crippen molar-refractivity contribution in [3.05, 3.63) is 58.4 Å². The number of ketones is 1. The normalized spacial score (nSPS) is 13.4. The van der Waals surface area contributed by atoms with Crippen LogP contribution in [0.5, 0.6) is 0 Å². The number of hydrogen-bond donors (Lipinski definition) is 1. The Labute approximate surface area is 186 Å². The van der Waals surface area contributed by atoms with Crippen molar-refractivity contribution in [1.82, 2.24) is 14.8 Å². The monoisotopic (exact) mass is 441 g/mol. The summed E-state index contributed by atoms with van der Waals surface area (Å²) < 4.78 is 12.4. The van der Waals surface area contributed by atoms with E-state index in [9.17, 15) is 19.2 Å². The number of aromatic nitrogens is 1. The van der Waals surface area contributed by atoms with Crippen LogP contribution in [-0.4, -0.2) is 60.0 Å². The zero-order chi connectivity index (χ0) is 23.3. The van der Waals surface area contributed by atoms with Crippen LogP contribution >= 0.6 is 0 Å². The van der Waals surface area contributed by atoms with Crippen molar-refractivity contribution in [2.75, 3.05) is 26.9 Å². The first-order valence-electron chi connectivity index (χ1n) is 10.3. The molecule has 1 aromatic heterocycles. The van der Waals surface area contributed by atoms with Gasteiger partial charge in [-0.05, 0) is 44.0 Å². The predicted molar refractivity (Wildman–Crippen MR) is 115 cm³/mol. The summed E-state index contributed by atoms with van der Waals surface area (Å²) in [6.07, 6.45) is 0.830. The number of benzene rings is 1. The lowest BCUT2D eigenvalue weighted by Gasteiger charge is -2.13. The summed E-state index contributed by atoms with van der Waals surface area (Å²) in [5.74, 6) is -1.25. The van der Waals surface area contributed by atoms with Gasteiger partial charge >= 0.3 is 12.0 Å². The van der Waals surface area contributed by atoms with Crippen molar-refractivity contribution in [2.45, 2.75) is 33.4 Å². The summed E-state index contributed by atoms with van der Waals surface area (Å²) >= 11 is 0. The third kappa shape index (κ3) is 5.23. The van der Waals surface area contributed by atoms with Crippen LogP contribution in [0.25, 0.3) is 0 Å². The molecule has 0 spiro atoms. The van der Waals surface area contributed by atoms with Crippen LogP contribution in [0, 0.1) is 13.8 Å². The summed E-state index contributed by atoms with van der Waals surface area (Å²) in [4.78, 5) is 49.7. The number of nitrogens with zero attached hydrogens (tertiary/aromatic N) is 2. The van der Waals surface area contributed by atoms with Crippen molar-refractivity contribution in [3.63, 3.8) is 0 Å². The molecule has 9 heteroatoms. The van der Waals surface area contributed by atoms with Crippen LogP contribution in [0.3, 0.4) is 0 Å². The molecule has 3 amide bonds. The van der Waals surface area contributed by atoms with E-state index in [4.69, 9.17) is 9.47 Å². The minimum absolute atomic E-state index is 0.0321. The predicted octanol–water partition coefficient (Wildman–Crippen LogP) is 2.23. The minimum Gasteiger partial charge on any atom is -0.454 e. The number of methoxy groups -OCH3 is 1. The highest BCUT2D eigenvalue weighted by Gasteiger charge is 2.28. The molecule has 170 valence electrons. The molecule has 32 heavy (non-hydrogen) atoms. The van der Waals surface area contributed by atoms with E-state index in [2.05, 4.69) is 5.32 Å². The van der Waals surface area contributed by atoms with Crippen LogP contribution in [0.1, 0.15) is 44.1 Å². The number of nitrogens with one attached hydrogen (secondary N) is 1. The first-order valence-corrected chi connectivity index (χ1v) is 10.3. The van der Waals surface area contributed by atoms with Gasteiger partial charge in [0.2, 0.25) is 11.7 Å². The van der Waals surface area contributed by atoms with E-state index >= 15 is 0 Å². The van der Waals surface area contributed by atoms with Gasteiger partial charge in [0.25, 0.3) is 0 Å². The van der Waals surface area contributed by atoms with Gasteiger partial charge in [-0.15, -0.1) is 0 Å². The number of Topliss-reactive ketones (excluding diaryl/α,β-unsaturated/α-hetero) is 1. The Hall–Kier alpha value is -3.46. The Kier molecular flexibility index (Phi) is 7.42. The number of carbonyl (C=O) groups excluding carboxylic acids is 4. The fourth-order valence-corrected chi connectivity index (χ4v) is 3.68. The van der Waals surface area contributed by atoms with Gasteiger partial charge in [-0.2, -0.15) is 0 Å². The number of esters is 1. The Balaban J connectivity index is 1.61. The molecule has 1 aliphatic rings. The van der Waals surface area contributed by atoms with Crippen molar-refractivity contribution in [3.8, 4) is 0 Å². The van der Waals surface area contributed by atoms with Crippen molar-refractivity contribution in [1.29, 1.82) is 0 Å². The highest BCUT2D eigenvalue weighted by molar-refractivity contribution is 6.02. The number of urea groups is 1. The maximum absolute atomic E-state index is 12.7. The Morgan fingerprint density at radius 3 is 2.62 bits per heavy atom. The van der Waals surface area contributed by atoms with Crippen molar-refractivity contribution >= 4 is 23.7 Å². The smallest absolute Gasteiger partial charge is 0.338 e. The van der Waals surface area contributed by atoms with Gasteiger partial charge in [0.15, 0.2) is 6.61 Å². The van der Waals surface area contributed by atoms with E-state index in [1.807, 2.05) is 18.4 Å². The molecule has 2 heterocycles. The Morgan fingerprint density at radius 2 is 1.94 bits per heavy atom. The van der Waals surface area contributed by atoms with E-state index in [0.29, 0.717) is 17.7 Å². The van der Waals surface area contributed by atoms with Crippen molar-refractivity contribution in [2.24, 2.45) is 0 Å². The summed E-state index contributed by atoms with van der Waals surface area (Å²) in [5.41, 5.74) is 3.17. The quantitative estimate of drug-likeness (QED) is 0.262. The second-order valence-electron chi connectivity index (χ2n) is 7.62. The fourth-order valence-electron chi connectivity index (χ4n) is 3.68. The van der Waals surface area contributed by atoms with E-state index in [1.165, 1.54) is 0 Å². The molecule has 0 unspecified atom stereocenters.